The summed E-state index contributed by atoms with van der Waals surface area (Å²) in [6, 6.07) is 29.3. The molecule has 10 rings (SSSR count). The van der Waals surface area contributed by atoms with Crippen molar-refractivity contribution in [3.05, 3.63) is 108 Å². The molecule has 0 amide bonds. The Labute approximate surface area is 264 Å². The first-order chi connectivity index (χ1) is 21.7. The third-order valence-corrected chi connectivity index (χ3v) is 12.2. The fourth-order valence-electron chi connectivity index (χ4n) is 6.76. The van der Waals surface area contributed by atoms with Crippen molar-refractivity contribution in [1.82, 2.24) is 19.1 Å². The number of benzene rings is 5. The lowest BCUT2D eigenvalue weighted by molar-refractivity contribution is 1.01. The van der Waals surface area contributed by atoms with E-state index in [1.54, 1.807) is 0 Å². The van der Waals surface area contributed by atoms with E-state index in [2.05, 4.69) is 62.5 Å². The van der Waals surface area contributed by atoms with Gasteiger partial charge in [-0.25, -0.2) is 14.8 Å². The fourth-order valence-corrected chi connectivity index (χ4v) is 10.7. The first-order valence-electron chi connectivity index (χ1n) is 13.9. The quantitative estimate of drug-likeness (QED) is 0.160. The molecule has 0 radical (unpaired) electrons. The van der Waals surface area contributed by atoms with Crippen molar-refractivity contribution in [3.8, 4) is 17.4 Å². The van der Waals surface area contributed by atoms with Gasteiger partial charge in [0.15, 0.2) is 5.69 Å². The van der Waals surface area contributed by atoms with Crippen molar-refractivity contribution in [2.24, 2.45) is 0 Å². The zero-order chi connectivity index (χ0) is 29.1. The van der Waals surface area contributed by atoms with Crippen LogP contribution in [-0.2, 0) is 0 Å². The lowest BCUT2D eigenvalue weighted by Gasteiger charge is -2.39. The Hall–Kier alpha value is -4.87. The summed E-state index contributed by atoms with van der Waals surface area (Å²) in [7, 11) is 0. The standard InChI is InChI=1S/C34H15BN6S3/c1-37-19-9-11-23-21(13-19)39-17-41(23)25-14-24(40-16-38-20-12-18(15-36)8-10-22(20)40)33-32-34(25)44-29-7-3-5-27-31(29)35(32)30-26(42-27)4-2-6-28(30)43-33/h2-14,16-17H. The van der Waals surface area contributed by atoms with Crippen molar-refractivity contribution in [2.45, 2.75) is 29.4 Å². The second-order valence-electron chi connectivity index (χ2n) is 10.9. The lowest BCUT2D eigenvalue weighted by atomic mass is 9.36. The Bertz CT molecular complexity index is 2370. The van der Waals surface area contributed by atoms with Crippen LogP contribution in [0.25, 0.3) is 38.3 Å². The number of hydrogen-bond donors (Lipinski definition) is 0. The minimum absolute atomic E-state index is 0.114. The van der Waals surface area contributed by atoms with E-state index < -0.39 is 0 Å². The SMILES string of the molecule is [C-]#[N+]c1ccc2c(c1)ncn2-c1cc(-n2cnc3cc(C#N)ccc32)c2c3c1Sc1cccc4c1B3c1c(cccc1S2)S4. The first kappa shape index (κ1) is 24.6. The summed E-state index contributed by atoms with van der Waals surface area (Å²) in [4.78, 5) is 20.8. The van der Waals surface area contributed by atoms with E-state index in [0.29, 0.717) is 11.3 Å². The van der Waals surface area contributed by atoms with E-state index in [4.69, 9.17) is 16.5 Å². The summed E-state index contributed by atoms with van der Waals surface area (Å²) in [5.41, 5.74) is 10.9. The van der Waals surface area contributed by atoms with Crippen LogP contribution in [0.3, 0.4) is 0 Å². The van der Waals surface area contributed by atoms with Gasteiger partial charge in [-0.1, -0.05) is 53.5 Å². The van der Waals surface area contributed by atoms with Gasteiger partial charge >= 0.3 is 0 Å². The molecular formula is C34H15BN6S3. The largest absolute Gasteiger partial charge is 0.298 e. The molecule has 0 saturated heterocycles. The summed E-state index contributed by atoms with van der Waals surface area (Å²) < 4.78 is 4.33. The number of imidazole rings is 2. The van der Waals surface area contributed by atoms with Crippen molar-refractivity contribution in [1.29, 1.82) is 5.26 Å². The molecule has 0 saturated carbocycles. The molecule has 0 bridgehead atoms. The van der Waals surface area contributed by atoms with Gasteiger partial charge in [-0.15, -0.1) is 0 Å². The summed E-state index contributed by atoms with van der Waals surface area (Å²) in [6.45, 7) is 7.61. The van der Waals surface area contributed by atoms with Gasteiger partial charge in [0.2, 0.25) is 6.71 Å². The van der Waals surface area contributed by atoms with Crippen LogP contribution in [0.1, 0.15) is 5.56 Å². The molecule has 7 aromatic rings. The molecule has 5 heterocycles. The molecule has 2 aromatic heterocycles. The van der Waals surface area contributed by atoms with Crippen LogP contribution in [0.4, 0.5) is 5.69 Å². The van der Waals surface area contributed by atoms with Crippen LogP contribution < -0.4 is 16.4 Å². The Kier molecular flexibility index (Phi) is 4.93. The average molecular weight is 615 g/mol. The van der Waals surface area contributed by atoms with Crippen molar-refractivity contribution in [3.63, 3.8) is 0 Å². The highest BCUT2D eigenvalue weighted by atomic mass is 32.2. The number of aromatic nitrogens is 4. The smallest absolute Gasteiger partial charge is 0.250 e. The number of nitriles is 1. The minimum Gasteiger partial charge on any atom is -0.298 e. The van der Waals surface area contributed by atoms with E-state index in [0.717, 1.165) is 33.4 Å². The molecule has 0 fully saturated rings. The minimum atomic E-state index is 0.114. The van der Waals surface area contributed by atoms with E-state index in [1.807, 2.05) is 84.3 Å². The molecule has 6 nitrogen and oxygen atoms in total. The monoisotopic (exact) mass is 614 g/mol. The van der Waals surface area contributed by atoms with Gasteiger partial charge < -0.3 is 0 Å². The van der Waals surface area contributed by atoms with Crippen molar-refractivity contribution in [2.75, 3.05) is 0 Å². The molecule has 5 aromatic carbocycles. The van der Waals surface area contributed by atoms with Crippen molar-refractivity contribution < 1.29 is 0 Å². The van der Waals surface area contributed by atoms with Gasteiger partial charge in [0.05, 0.1) is 51.6 Å². The molecule has 3 aliphatic heterocycles. The Balaban J connectivity index is 1.33. The maximum atomic E-state index is 9.52. The third-order valence-electron chi connectivity index (χ3n) is 8.65. The summed E-state index contributed by atoms with van der Waals surface area (Å²) in [6.07, 6.45) is 3.75. The van der Waals surface area contributed by atoms with Gasteiger partial charge in [0.25, 0.3) is 0 Å². The molecule has 3 aliphatic rings. The maximum absolute atomic E-state index is 9.52. The predicted molar refractivity (Wildman–Crippen MR) is 177 cm³/mol. The molecular weight excluding hydrogens is 599 g/mol. The Morgan fingerprint density at radius 2 is 1.25 bits per heavy atom. The van der Waals surface area contributed by atoms with Crippen LogP contribution >= 0.6 is 35.3 Å². The second-order valence-corrected chi connectivity index (χ2v) is 14.1. The van der Waals surface area contributed by atoms with Gasteiger partial charge in [-0.3, -0.25) is 9.13 Å². The highest BCUT2D eigenvalue weighted by Gasteiger charge is 2.45. The number of nitrogens with zero attached hydrogens (tertiary/aromatic N) is 6. The zero-order valence-corrected chi connectivity index (χ0v) is 25.1. The summed E-state index contributed by atoms with van der Waals surface area (Å²) >= 11 is 5.55. The highest BCUT2D eigenvalue weighted by molar-refractivity contribution is 8.02. The normalized spacial score (nSPS) is 13.5. The second kappa shape index (κ2) is 8.84. The molecule has 0 aliphatic carbocycles. The molecule has 44 heavy (non-hydrogen) atoms. The summed E-state index contributed by atoms with van der Waals surface area (Å²) in [5, 5.41) is 9.52. The molecule has 0 atom stereocenters. The molecule has 10 heteroatoms. The van der Waals surface area contributed by atoms with Gasteiger partial charge in [-0.2, -0.15) is 5.26 Å². The van der Waals surface area contributed by atoms with Crippen LogP contribution in [0, 0.1) is 17.9 Å². The fraction of sp³-hybridized carbons (Fsp3) is 0. The number of rotatable bonds is 2. The van der Waals surface area contributed by atoms with Gasteiger partial charge in [-0.05, 0) is 77.1 Å². The van der Waals surface area contributed by atoms with E-state index >= 15 is 0 Å². The van der Waals surface area contributed by atoms with Crippen molar-refractivity contribution >= 4 is 86.1 Å². The Morgan fingerprint density at radius 1 is 0.682 bits per heavy atom. The van der Waals surface area contributed by atoms with E-state index in [9.17, 15) is 5.26 Å². The zero-order valence-electron chi connectivity index (χ0n) is 22.6. The maximum Gasteiger partial charge on any atom is 0.250 e. The third kappa shape index (κ3) is 3.20. The van der Waals surface area contributed by atoms with Gasteiger partial charge in [0.1, 0.15) is 12.7 Å². The van der Waals surface area contributed by atoms with Crippen LogP contribution in [0.15, 0.2) is 121 Å². The van der Waals surface area contributed by atoms with Crippen LogP contribution in [0.2, 0.25) is 0 Å². The van der Waals surface area contributed by atoms with Crippen LogP contribution in [0.5, 0.6) is 0 Å². The Morgan fingerprint density at radius 3 is 1.84 bits per heavy atom. The lowest BCUT2D eigenvalue weighted by Crippen LogP contribution is -2.61. The first-order valence-corrected chi connectivity index (χ1v) is 16.4. The van der Waals surface area contributed by atoms with E-state index in [1.165, 1.54) is 45.8 Å². The molecule has 202 valence electrons. The molecule has 0 spiro atoms. The summed E-state index contributed by atoms with van der Waals surface area (Å²) in [5.74, 6) is 0. The van der Waals surface area contributed by atoms with E-state index in [-0.39, 0.29) is 6.71 Å². The van der Waals surface area contributed by atoms with Gasteiger partial charge in [0, 0.05) is 29.4 Å². The topological polar surface area (TPSA) is 63.8 Å². The average Bonchev–Trinajstić information content (AvgIpc) is 3.68. The molecule has 0 unspecified atom stereocenters. The number of hydrogen-bond acceptors (Lipinski definition) is 6. The van der Waals surface area contributed by atoms with Crippen LogP contribution in [-0.4, -0.2) is 25.8 Å². The number of fused-ring (bicyclic) bond motifs is 2. The molecule has 0 N–H and O–H groups in total. The predicted octanol–water partition coefficient (Wildman–Crippen LogP) is 6.70. The highest BCUT2D eigenvalue weighted by Crippen LogP contribution is 2.48.